The fraction of sp³-hybridized carbons (Fsp3) is 0.824. The van der Waals surface area contributed by atoms with Gasteiger partial charge in [0.2, 0.25) is 0 Å². The Hall–Kier alpha value is -0.870. The highest BCUT2D eigenvalue weighted by Crippen LogP contribution is 2.40. The number of rotatable bonds is 5. The van der Waals surface area contributed by atoms with Crippen LogP contribution in [0, 0.1) is 0 Å². The molecule has 0 amide bonds. The Morgan fingerprint density at radius 3 is 2.48 bits per heavy atom. The summed E-state index contributed by atoms with van der Waals surface area (Å²) in [7, 11) is 2.05. The van der Waals surface area contributed by atoms with Crippen LogP contribution in [-0.4, -0.2) is 39.4 Å². The molecular formula is C17H30N4. The van der Waals surface area contributed by atoms with Crippen molar-refractivity contribution in [2.75, 3.05) is 13.1 Å². The van der Waals surface area contributed by atoms with E-state index in [1.807, 2.05) is 4.68 Å². The number of likely N-dealkylation sites (tertiary alicyclic amines) is 1. The minimum atomic E-state index is 0.234. The number of hydrogen-bond acceptors (Lipinski definition) is 3. The summed E-state index contributed by atoms with van der Waals surface area (Å²) in [6.07, 6.45) is 9.91. The summed E-state index contributed by atoms with van der Waals surface area (Å²) in [6, 6.07) is 2.48. The van der Waals surface area contributed by atoms with Gasteiger partial charge < -0.3 is 5.73 Å². The van der Waals surface area contributed by atoms with Crippen molar-refractivity contribution in [3.8, 4) is 0 Å². The van der Waals surface area contributed by atoms with Gasteiger partial charge in [-0.25, -0.2) is 0 Å². The SMILES string of the molecule is CCc1cc(CC(N)C2(N3CCCC3)CCCC2)n(C)n1. The molecule has 1 aromatic rings. The van der Waals surface area contributed by atoms with Gasteiger partial charge in [-0.3, -0.25) is 9.58 Å². The van der Waals surface area contributed by atoms with Gasteiger partial charge in [-0.15, -0.1) is 0 Å². The van der Waals surface area contributed by atoms with Crippen LogP contribution >= 0.6 is 0 Å². The zero-order valence-corrected chi connectivity index (χ0v) is 13.6. The summed E-state index contributed by atoms with van der Waals surface area (Å²) in [6.45, 7) is 4.66. The van der Waals surface area contributed by atoms with Gasteiger partial charge in [0.25, 0.3) is 0 Å². The van der Waals surface area contributed by atoms with Gasteiger partial charge in [0, 0.05) is 30.7 Å². The highest BCUT2D eigenvalue weighted by Gasteiger charge is 2.45. The summed E-state index contributed by atoms with van der Waals surface area (Å²) < 4.78 is 2.03. The second-order valence-corrected chi connectivity index (χ2v) is 6.92. The molecule has 2 heterocycles. The highest BCUT2D eigenvalue weighted by molar-refractivity contribution is 5.15. The third-order valence-electron chi connectivity index (χ3n) is 5.71. The molecule has 1 aliphatic carbocycles. The predicted octanol–water partition coefficient (Wildman–Crippen LogP) is 2.26. The lowest BCUT2D eigenvalue weighted by Gasteiger charge is -2.43. The largest absolute Gasteiger partial charge is 0.326 e. The molecule has 0 bridgehead atoms. The van der Waals surface area contributed by atoms with Crippen molar-refractivity contribution >= 4 is 0 Å². The van der Waals surface area contributed by atoms with Crippen LogP contribution in [-0.2, 0) is 19.9 Å². The van der Waals surface area contributed by atoms with Gasteiger partial charge in [-0.1, -0.05) is 19.8 Å². The standard InChI is InChI=1S/C17H30N4/c1-3-14-12-15(20(2)19-14)13-16(18)17(8-4-5-9-17)21-10-6-7-11-21/h12,16H,3-11,13,18H2,1-2H3. The third-order valence-corrected chi connectivity index (χ3v) is 5.71. The third kappa shape index (κ3) is 2.76. The Balaban J connectivity index is 1.77. The van der Waals surface area contributed by atoms with E-state index in [1.54, 1.807) is 0 Å². The lowest BCUT2D eigenvalue weighted by Crippen LogP contribution is -2.58. The normalized spacial score (nSPS) is 23.8. The average Bonchev–Trinajstić information content (AvgIpc) is 3.19. The van der Waals surface area contributed by atoms with Crippen molar-refractivity contribution in [1.29, 1.82) is 0 Å². The zero-order valence-electron chi connectivity index (χ0n) is 13.6. The maximum atomic E-state index is 6.76. The van der Waals surface area contributed by atoms with E-state index in [0.29, 0.717) is 0 Å². The van der Waals surface area contributed by atoms with Crippen molar-refractivity contribution in [3.63, 3.8) is 0 Å². The zero-order chi connectivity index (χ0) is 14.9. The Kier molecular flexibility index (Phi) is 4.36. The molecule has 0 spiro atoms. The smallest absolute Gasteiger partial charge is 0.0624 e. The van der Waals surface area contributed by atoms with E-state index < -0.39 is 0 Å². The molecule has 2 fully saturated rings. The molecule has 1 saturated carbocycles. The molecule has 1 aliphatic heterocycles. The summed E-state index contributed by atoms with van der Waals surface area (Å²) in [4.78, 5) is 2.71. The lowest BCUT2D eigenvalue weighted by molar-refractivity contribution is 0.0914. The van der Waals surface area contributed by atoms with Gasteiger partial charge in [-0.2, -0.15) is 5.10 Å². The van der Waals surface area contributed by atoms with E-state index >= 15 is 0 Å². The molecule has 1 atom stereocenters. The first kappa shape index (κ1) is 15.0. The topological polar surface area (TPSA) is 47.1 Å². The summed E-state index contributed by atoms with van der Waals surface area (Å²) >= 11 is 0. The Morgan fingerprint density at radius 2 is 1.90 bits per heavy atom. The fourth-order valence-electron chi connectivity index (χ4n) is 4.42. The van der Waals surface area contributed by atoms with E-state index in [2.05, 4.69) is 30.0 Å². The van der Waals surface area contributed by atoms with E-state index in [0.717, 1.165) is 12.8 Å². The lowest BCUT2D eigenvalue weighted by atomic mass is 9.84. The summed E-state index contributed by atoms with van der Waals surface area (Å²) in [5, 5.41) is 4.58. The monoisotopic (exact) mass is 290 g/mol. The minimum absolute atomic E-state index is 0.234. The predicted molar refractivity (Wildman–Crippen MR) is 86.3 cm³/mol. The molecule has 2 N–H and O–H groups in total. The van der Waals surface area contributed by atoms with Crippen LogP contribution in [0.5, 0.6) is 0 Å². The maximum absolute atomic E-state index is 6.76. The van der Waals surface area contributed by atoms with Crippen LogP contribution in [0.15, 0.2) is 6.07 Å². The molecule has 0 aromatic carbocycles. The Morgan fingerprint density at radius 1 is 1.24 bits per heavy atom. The number of aromatic nitrogens is 2. The molecule has 21 heavy (non-hydrogen) atoms. The van der Waals surface area contributed by atoms with Crippen LogP contribution in [0.3, 0.4) is 0 Å². The van der Waals surface area contributed by atoms with Gasteiger partial charge in [0.1, 0.15) is 0 Å². The van der Waals surface area contributed by atoms with Crippen molar-refractivity contribution in [1.82, 2.24) is 14.7 Å². The summed E-state index contributed by atoms with van der Waals surface area (Å²) in [5.41, 5.74) is 9.50. The number of nitrogens with two attached hydrogens (primary N) is 1. The van der Waals surface area contributed by atoms with Gasteiger partial charge >= 0.3 is 0 Å². The quantitative estimate of drug-likeness (QED) is 0.905. The first-order valence-electron chi connectivity index (χ1n) is 8.68. The number of nitrogens with zero attached hydrogens (tertiary/aromatic N) is 3. The molecule has 1 unspecified atom stereocenters. The van der Waals surface area contributed by atoms with Gasteiger partial charge in [-0.05, 0) is 51.3 Å². The first-order chi connectivity index (χ1) is 10.2. The van der Waals surface area contributed by atoms with E-state index in [1.165, 1.54) is 63.0 Å². The van der Waals surface area contributed by atoms with Crippen LogP contribution in [0.1, 0.15) is 56.8 Å². The van der Waals surface area contributed by atoms with E-state index in [9.17, 15) is 0 Å². The fourth-order valence-corrected chi connectivity index (χ4v) is 4.42. The molecule has 1 aromatic heterocycles. The second kappa shape index (κ2) is 6.09. The van der Waals surface area contributed by atoms with Crippen molar-refractivity contribution in [2.45, 2.75) is 69.9 Å². The van der Waals surface area contributed by atoms with E-state index in [4.69, 9.17) is 5.73 Å². The second-order valence-electron chi connectivity index (χ2n) is 6.92. The molecule has 3 rings (SSSR count). The van der Waals surface area contributed by atoms with Crippen LogP contribution in [0.4, 0.5) is 0 Å². The Labute approximate surface area is 128 Å². The molecule has 4 heteroatoms. The number of aryl methyl sites for hydroxylation is 2. The van der Waals surface area contributed by atoms with Crippen LogP contribution in [0.25, 0.3) is 0 Å². The van der Waals surface area contributed by atoms with E-state index in [-0.39, 0.29) is 11.6 Å². The van der Waals surface area contributed by atoms with Crippen molar-refractivity contribution in [2.24, 2.45) is 12.8 Å². The first-order valence-corrected chi connectivity index (χ1v) is 8.68. The maximum Gasteiger partial charge on any atom is 0.0624 e. The van der Waals surface area contributed by atoms with Crippen LogP contribution in [0.2, 0.25) is 0 Å². The summed E-state index contributed by atoms with van der Waals surface area (Å²) in [5.74, 6) is 0. The Bertz CT molecular complexity index is 467. The van der Waals surface area contributed by atoms with Crippen molar-refractivity contribution in [3.05, 3.63) is 17.5 Å². The minimum Gasteiger partial charge on any atom is -0.326 e. The average molecular weight is 290 g/mol. The van der Waals surface area contributed by atoms with Gasteiger partial charge in [0.15, 0.2) is 0 Å². The molecule has 0 radical (unpaired) electrons. The highest BCUT2D eigenvalue weighted by atomic mass is 15.3. The molecule has 1 saturated heterocycles. The molecular weight excluding hydrogens is 260 g/mol. The number of hydrogen-bond donors (Lipinski definition) is 1. The van der Waals surface area contributed by atoms with Crippen LogP contribution < -0.4 is 5.73 Å². The molecule has 118 valence electrons. The van der Waals surface area contributed by atoms with Crippen molar-refractivity contribution < 1.29 is 0 Å². The molecule has 2 aliphatic rings. The molecule has 4 nitrogen and oxygen atoms in total. The van der Waals surface area contributed by atoms with Gasteiger partial charge in [0.05, 0.1) is 5.69 Å².